The molecule has 1 N–H and O–H groups in total. The van der Waals surface area contributed by atoms with E-state index >= 15 is 0 Å². The summed E-state index contributed by atoms with van der Waals surface area (Å²) in [6, 6.07) is 13.1. The Hall–Kier alpha value is -1.56. The van der Waals surface area contributed by atoms with Crippen molar-refractivity contribution in [3.63, 3.8) is 0 Å². The predicted octanol–water partition coefficient (Wildman–Crippen LogP) is 4.27. The molecule has 1 aliphatic heterocycles. The second-order valence-electron chi connectivity index (χ2n) is 6.09. The van der Waals surface area contributed by atoms with Gasteiger partial charge in [-0.05, 0) is 34.7 Å². The molecule has 0 aliphatic carbocycles. The maximum Gasteiger partial charge on any atom is 0.107 e. The van der Waals surface area contributed by atoms with E-state index in [4.69, 9.17) is 0 Å². The first-order valence-corrected chi connectivity index (χ1v) is 10.2. The highest BCUT2D eigenvalue weighted by Gasteiger charge is 2.20. The summed E-state index contributed by atoms with van der Waals surface area (Å²) in [6.45, 7) is 1.86. The SMILES string of the molecule is Cn1cc(CNCC2SCCc3ccccc32)c(-c2cccs2)n1. The van der Waals surface area contributed by atoms with E-state index in [0.29, 0.717) is 5.25 Å². The molecule has 3 heterocycles. The van der Waals surface area contributed by atoms with Crippen molar-refractivity contribution in [1.82, 2.24) is 15.1 Å². The number of hydrogen-bond donors (Lipinski definition) is 1. The third kappa shape index (κ3) is 3.29. The number of fused-ring (bicyclic) bond motifs is 1. The number of aromatic nitrogens is 2. The van der Waals surface area contributed by atoms with E-state index in [1.165, 1.54) is 33.7 Å². The monoisotopic (exact) mass is 355 g/mol. The molecule has 24 heavy (non-hydrogen) atoms. The van der Waals surface area contributed by atoms with Gasteiger partial charge in [0.05, 0.1) is 4.88 Å². The van der Waals surface area contributed by atoms with Gasteiger partial charge in [0, 0.05) is 37.1 Å². The van der Waals surface area contributed by atoms with Crippen molar-refractivity contribution in [3.05, 3.63) is 64.7 Å². The summed E-state index contributed by atoms with van der Waals surface area (Å²) in [5.74, 6) is 1.22. The first kappa shape index (κ1) is 15.9. The largest absolute Gasteiger partial charge is 0.311 e. The zero-order valence-corrected chi connectivity index (χ0v) is 15.4. The number of nitrogens with zero attached hydrogens (tertiary/aromatic N) is 2. The highest BCUT2D eigenvalue weighted by molar-refractivity contribution is 7.99. The molecular formula is C19H21N3S2. The number of benzene rings is 1. The van der Waals surface area contributed by atoms with E-state index in [1.54, 1.807) is 11.3 Å². The van der Waals surface area contributed by atoms with Gasteiger partial charge in [0.25, 0.3) is 0 Å². The van der Waals surface area contributed by atoms with Gasteiger partial charge in [-0.2, -0.15) is 16.9 Å². The summed E-state index contributed by atoms with van der Waals surface area (Å²) in [4.78, 5) is 1.24. The minimum atomic E-state index is 0.553. The smallest absolute Gasteiger partial charge is 0.107 e. The van der Waals surface area contributed by atoms with Crippen LogP contribution in [0.2, 0.25) is 0 Å². The molecule has 4 rings (SSSR count). The van der Waals surface area contributed by atoms with Crippen LogP contribution in [0.1, 0.15) is 21.9 Å². The second-order valence-corrected chi connectivity index (χ2v) is 8.35. The van der Waals surface area contributed by atoms with Crippen LogP contribution >= 0.6 is 23.1 Å². The summed E-state index contributed by atoms with van der Waals surface area (Å²) in [5, 5.41) is 11.0. The Kier molecular flexibility index (Phi) is 4.74. The molecule has 0 amide bonds. The van der Waals surface area contributed by atoms with Crippen LogP contribution in [-0.4, -0.2) is 22.1 Å². The highest BCUT2D eigenvalue weighted by Crippen LogP contribution is 2.36. The Morgan fingerprint density at radius 3 is 3.04 bits per heavy atom. The van der Waals surface area contributed by atoms with Crippen LogP contribution in [0.25, 0.3) is 10.6 Å². The average molecular weight is 356 g/mol. The third-order valence-electron chi connectivity index (χ3n) is 4.40. The molecule has 3 nitrogen and oxygen atoms in total. The molecule has 5 heteroatoms. The Morgan fingerprint density at radius 1 is 1.25 bits per heavy atom. The number of hydrogen-bond acceptors (Lipinski definition) is 4. The lowest BCUT2D eigenvalue weighted by atomic mass is 10.0. The van der Waals surface area contributed by atoms with Crippen molar-refractivity contribution in [2.24, 2.45) is 7.05 Å². The van der Waals surface area contributed by atoms with Crippen LogP contribution in [0.3, 0.4) is 0 Å². The molecule has 0 radical (unpaired) electrons. The molecular weight excluding hydrogens is 334 g/mol. The molecule has 1 aromatic carbocycles. The third-order valence-corrected chi connectivity index (χ3v) is 6.54. The lowest BCUT2D eigenvalue weighted by Crippen LogP contribution is -2.22. The van der Waals surface area contributed by atoms with E-state index < -0.39 is 0 Å². The molecule has 1 atom stereocenters. The molecule has 1 unspecified atom stereocenters. The fraction of sp³-hybridized carbons (Fsp3) is 0.316. The molecule has 124 valence electrons. The van der Waals surface area contributed by atoms with Crippen LogP contribution < -0.4 is 5.32 Å². The van der Waals surface area contributed by atoms with Gasteiger partial charge in [-0.25, -0.2) is 0 Å². The van der Waals surface area contributed by atoms with Gasteiger partial charge in [-0.1, -0.05) is 30.3 Å². The lowest BCUT2D eigenvalue weighted by Gasteiger charge is -2.25. The number of aryl methyl sites for hydroxylation is 2. The Bertz CT molecular complexity index is 808. The number of thioether (sulfide) groups is 1. The van der Waals surface area contributed by atoms with Gasteiger partial charge in [0.2, 0.25) is 0 Å². The maximum atomic E-state index is 4.64. The Balaban J connectivity index is 1.44. The van der Waals surface area contributed by atoms with Gasteiger partial charge >= 0.3 is 0 Å². The van der Waals surface area contributed by atoms with Crippen LogP contribution in [-0.2, 0) is 20.0 Å². The van der Waals surface area contributed by atoms with E-state index in [-0.39, 0.29) is 0 Å². The van der Waals surface area contributed by atoms with Crippen molar-refractivity contribution in [3.8, 4) is 10.6 Å². The Labute approximate surface area is 151 Å². The summed E-state index contributed by atoms with van der Waals surface area (Å²) in [5.41, 5.74) is 5.40. The summed E-state index contributed by atoms with van der Waals surface area (Å²) in [6.07, 6.45) is 3.33. The number of nitrogens with one attached hydrogen (secondary N) is 1. The molecule has 0 saturated heterocycles. The van der Waals surface area contributed by atoms with Crippen LogP contribution in [0.5, 0.6) is 0 Å². The fourth-order valence-corrected chi connectivity index (χ4v) is 5.28. The lowest BCUT2D eigenvalue weighted by molar-refractivity contribution is 0.672. The summed E-state index contributed by atoms with van der Waals surface area (Å²) >= 11 is 3.81. The minimum Gasteiger partial charge on any atom is -0.311 e. The van der Waals surface area contributed by atoms with Crippen molar-refractivity contribution in [1.29, 1.82) is 0 Å². The van der Waals surface area contributed by atoms with Gasteiger partial charge in [0.15, 0.2) is 0 Å². The van der Waals surface area contributed by atoms with E-state index in [2.05, 4.69) is 70.2 Å². The van der Waals surface area contributed by atoms with Crippen molar-refractivity contribution in [2.75, 3.05) is 12.3 Å². The van der Waals surface area contributed by atoms with Crippen molar-refractivity contribution < 1.29 is 0 Å². The number of rotatable bonds is 5. The first-order valence-electron chi connectivity index (χ1n) is 8.28. The van der Waals surface area contributed by atoms with E-state index in [1.807, 2.05) is 11.7 Å². The molecule has 3 aromatic rings. The molecule has 2 aromatic heterocycles. The van der Waals surface area contributed by atoms with Gasteiger partial charge in [-0.3, -0.25) is 4.68 Å². The zero-order chi connectivity index (χ0) is 16.4. The quantitative estimate of drug-likeness (QED) is 0.741. The van der Waals surface area contributed by atoms with E-state index in [9.17, 15) is 0 Å². The van der Waals surface area contributed by atoms with Gasteiger partial charge in [-0.15, -0.1) is 11.3 Å². The standard InChI is InChI=1S/C19H21N3S2/c1-22-13-15(19(21-22)17-7-4-9-23-17)11-20-12-18-16-6-3-2-5-14(16)8-10-24-18/h2-7,9,13,18,20H,8,10-12H2,1H3. The molecule has 0 spiro atoms. The summed E-state index contributed by atoms with van der Waals surface area (Å²) in [7, 11) is 1.99. The highest BCUT2D eigenvalue weighted by atomic mass is 32.2. The molecule has 0 saturated carbocycles. The molecule has 0 fully saturated rings. The van der Waals surface area contributed by atoms with E-state index in [0.717, 1.165) is 18.8 Å². The van der Waals surface area contributed by atoms with Crippen LogP contribution in [0.4, 0.5) is 0 Å². The Morgan fingerprint density at radius 2 is 2.17 bits per heavy atom. The van der Waals surface area contributed by atoms with Crippen molar-refractivity contribution >= 4 is 23.1 Å². The molecule has 0 bridgehead atoms. The normalized spacial score (nSPS) is 17.0. The predicted molar refractivity (Wildman–Crippen MR) is 104 cm³/mol. The molecule has 1 aliphatic rings. The first-order chi connectivity index (χ1) is 11.8. The maximum absolute atomic E-state index is 4.64. The summed E-state index contributed by atoms with van der Waals surface area (Å²) < 4.78 is 1.91. The van der Waals surface area contributed by atoms with Crippen LogP contribution in [0.15, 0.2) is 48.0 Å². The minimum absolute atomic E-state index is 0.553. The number of thiophene rings is 1. The van der Waals surface area contributed by atoms with Crippen LogP contribution in [0, 0.1) is 0 Å². The average Bonchev–Trinajstić information content (AvgIpc) is 3.24. The fourth-order valence-electron chi connectivity index (χ4n) is 3.27. The zero-order valence-electron chi connectivity index (χ0n) is 13.7. The van der Waals surface area contributed by atoms with Gasteiger partial charge in [0.1, 0.15) is 5.69 Å². The second kappa shape index (κ2) is 7.13. The van der Waals surface area contributed by atoms with Crippen molar-refractivity contribution in [2.45, 2.75) is 18.2 Å². The topological polar surface area (TPSA) is 29.9 Å². The van der Waals surface area contributed by atoms with Gasteiger partial charge < -0.3 is 5.32 Å².